The summed E-state index contributed by atoms with van der Waals surface area (Å²) in [6.07, 6.45) is -0.651. The van der Waals surface area contributed by atoms with Crippen molar-refractivity contribution < 1.29 is 13.9 Å². The molecule has 0 spiro atoms. The minimum atomic E-state index is -0.651. The van der Waals surface area contributed by atoms with Gasteiger partial charge in [-0.2, -0.15) is 4.98 Å². The zero-order chi connectivity index (χ0) is 17.8. The van der Waals surface area contributed by atoms with Crippen LogP contribution in [-0.2, 0) is 4.74 Å². The fourth-order valence-corrected chi connectivity index (χ4v) is 2.30. The Balaban J connectivity index is 2.04. The number of nitrogens with zero attached hydrogens (tertiary/aromatic N) is 3. The minimum Gasteiger partial charge on any atom is -0.450 e. The van der Waals surface area contributed by atoms with Gasteiger partial charge in [-0.3, -0.25) is 5.32 Å². The Bertz CT molecular complexity index is 816. The lowest BCUT2D eigenvalue weighted by Crippen LogP contribution is -2.14. The molecule has 1 N–H and O–H groups in total. The van der Waals surface area contributed by atoms with Crippen LogP contribution in [0.5, 0.6) is 0 Å². The van der Waals surface area contributed by atoms with E-state index in [9.17, 15) is 9.18 Å². The first-order chi connectivity index (χ1) is 12.1. The Morgan fingerprint density at radius 3 is 2.52 bits per heavy atom. The van der Waals surface area contributed by atoms with Gasteiger partial charge in [0.25, 0.3) is 5.95 Å². The van der Waals surface area contributed by atoms with Gasteiger partial charge in [0.15, 0.2) is 5.82 Å². The van der Waals surface area contributed by atoms with Crippen LogP contribution >= 0.6 is 11.6 Å². The summed E-state index contributed by atoms with van der Waals surface area (Å²) in [5.41, 5.74) is 1.33. The maximum Gasteiger partial charge on any atom is 0.414 e. The summed E-state index contributed by atoms with van der Waals surface area (Å²) in [6.45, 7) is 1.93. The standard InChI is InChI=1S/C17H14ClFN4O2/c1-2-25-17(24)21-16-20-15(11-3-7-13(19)8-4-11)23(22-16)14-9-5-12(18)6-10-14/h3-10H,2H2,1H3,(H,21,22,24). The SMILES string of the molecule is CCOC(=O)Nc1nc(-c2ccc(F)cc2)n(-c2ccc(Cl)cc2)n1. The van der Waals surface area contributed by atoms with Crippen molar-refractivity contribution >= 4 is 23.6 Å². The second-order valence-corrected chi connectivity index (χ2v) is 5.44. The number of aromatic nitrogens is 3. The molecule has 2 aromatic carbocycles. The zero-order valence-electron chi connectivity index (χ0n) is 13.2. The van der Waals surface area contributed by atoms with Crippen molar-refractivity contribution in [1.82, 2.24) is 14.8 Å². The fourth-order valence-electron chi connectivity index (χ4n) is 2.17. The van der Waals surface area contributed by atoms with Gasteiger partial charge in [0.1, 0.15) is 5.82 Å². The Kier molecular flexibility index (Phi) is 4.95. The lowest BCUT2D eigenvalue weighted by atomic mass is 10.2. The molecule has 0 aliphatic heterocycles. The van der Waals surface area contributed by atoms with Gasteiger partial charge in [0, 0.05) is 10.6 Å². The first-order valence-corrected chi connectivity index (χ1v) is 7.87. The molecule has 3 rings (SSSR count). The number of carbonyl (C=O) groups excluding carboxylic acids is 1. The van der Waals surface area contributed by atoms with E-state index in [-0.39, 0.29) is 18.4 Å². The molecule has 0 unspecified atom stereocenters. The van der Waals surface area contributed by atoms with Crippen LogP contribution in [0.1, 0.15) is 6.92 Å². The highest BCUT2D eigenvalue weighted by Gasteiger charge is 2.16. The molecule has 0 atom stereocenters. The third-order valence-electron chi connectivity index (χ3n) is 3.27. The van der Waals surface area contributed by atoms with Gasteiger partial charge in [0.2, 0.25) is 0 Å². The van der Waals surface area contributed by atoms with E-state index in [0.29, 0.717) is 22.1 Å². The normalized spacial score (nSPS) is 10.5. The molecule has 0 aliphatic rings. The average molecular weight is 361 g/mol. The van der Waals surface area contributed by atoms with Crippen molar-refractivity contribution in [3.63, 3.8) is 0 Å². The molecule has 0 radical (unpaired) electrons. The number of rotatable bonds is 4. The van der Waals surface area contributed by atoms with Crippen molar-refractivity contribution in [3.8, 4) is 17.1 Å². The number of nitrogens with one attached hydrogen (secondary N) is 1. The lowest BCUT2D eigenvalue weighted by Gasteiger charge is -2.05. The molecular formula is C17H14ClFN4O2. The molecule has 6 nitrogen and oxygen atoms in total. The monoisotopic (exact) mass is 360 g/mol. The highest BCUT2D eigenvalue weighted by atomic mass is 35.5. The van der Waals surface area contributed by atoms with E-state index in [2.05, 4.69) is 15.4 Å². The average Bonchev–Trinajstić information content (AvgIpc) is 3.00. The van der Waals surface area contributed by atoms with E-state index < -0.39 is 6.09 Å². The summed E-state index contributed by atoms with van der Waals surface area (Å²) in [4.78, 5) is 15.9. The third kappa shape index (κ3) is 3.95. The predicted octanol–water partition coefficient (Wildman–Crippen LogP) is 4.30. The maximum absolute atomic E-state index is 13.2. The van der Waals surface area contributed by atoms with E-state index in [0.717, 1.165) is 0 Å². The van der Waals surface area contributed by atoms with Crippen molar-refractivity contribution in [2.75, 3.05) is 11.9 Å². The van der Waals surface area contributed by atoms with Crippen molar-refractivity contribution in [1.29, 1.82) is 0 Å². The molecule has 8 heteroatoms. The van der Waals surface area contributed by atoms with E-state index in [1.807, 2.05) is 0 Å². The summed E-state index contributed by atoms with van der Waals surface area (Å²) < 4.78 is 19.6. The first-order valence-electron chi connectivity index (χ1n) is 7.49. The first kappa shape index (κ1) is 16.9. The van der Waals surface area contributed by atoms with E-state index in [1.54, 1.807) is 43.3 Å². The van der Waals surface area contributed by atoms with Crippen LogP contribution in [0.3, 0.4) is 0 Å². The summed E-state index contributed by atoms with van der Waals surface area (Å²) in [5, 5.41) is 7.33. The van der Waals surface area contributed by atoms with Crippen LogP contribution < -0.4 is 5.32 Å². The molecule has 0 saturated carbocycles. The number of amides is 1. The number of carbonyl (C=O) groups is 1. The Labute approximate surface area is 148 Å². The van der Waals surface area contributed by atoms with Gasteiger partial charge in [-0.05, 0) is 55.5 Å². The van der Waals surface area contributed by atoms with Crippen LogP contribution in [-0.4, -0.2) is 27.5 Å². The lowest BCUT2D eigenvalue weighted by molar-refractivity contribution is 0.167. The van der Waals surface area contributed by atoms with Gasteiger partial charge >= 0.3 is 6.09 Å². The van der Waals surface area contributed by atoms with E-state index >= 15 is 0 Å². The van der Waals surface area contributed by atoms with Crippen molar-refractivity contribution in [2.24, 2.45) is 0 Å². The topological polar surface area (TPSA) is 69.0 Å². The minimum absolute atomic E-state index is 0.0766. The molecule has 1 heterocycles. The van der Waals surface area contributed by atoms with Crippen LogP contribution in [0.4, 0.5) is 15.1 Å². The van der Waals surface area contributed by atoms with Crippen LogP contribution in [0.25, 0.3) is 17.1 Å². The van der Waals surface area contributed by atoms with Crippen LogP contribution in [0.15, 0.2) is 48.5 Å². The molecule has 3 aromatic rings. The van der Waals surface area contributed by atoms with Crippen molar-refractivity contribution in [2.45, 2.75) is 6.92 Å². The summed E-state index contributed by atoms with van der Waals surface area (Å²) >= 11 is 5.92. The Hall–Kier alpha value is -2.93. The highest BCUT2D eigenvalue weighted by molar-refractivity contribution is 6.30. The van der Waals surface area contributed by atoms with Gasteiger partial charge in [-0.25, -0.2) is 13.9 Å². The Morgan fingerprint density at radius 1 is 1.20 bits per heavy atom. The van der Waals surface area contributed by atoms with Crippen LogP contribution in [0.2, 0.25) is 5.02 Å². The summed E-state index contributed by atoms with van der Waals surface area (Å²) in [7, 11) is 0. The number of anilines is 1. The molecule has 0 fully saturated rings. The molecule has 0 aliphatic carbocycles. The fraction of sp³-hybridized carbons (Fsp3) is 0.118. The quantitative estimate of drug-likeness (QED) is 0.753. The molecule has 25 heavy (non-hydrogen) atoms. The summed E-state index contributed by atoms with van der Waals surface area (Å²) in [6, 6.07) is 12.8. The second-order valence-electron chi connectivity index (χ2n) is 5.00. The number of benzene rings is 2. The predicted molar refractivity (Wildman–Crippen MR) is 92.4 cm³/mol. The molecule has 0 saturated heterocycles. The molecule has 1 aromatic heterocycles. The highest BCUT2D eigenvalue weighted by Crippen LogP contribution is 2.24. The maximum atomic E-state index is 13.2. The van der Waals surface area contributed by atoms with Gasteiger partial charge in [-0.1, -0.05) is 11.6 Å². The number of halogens is 2. The largest absolute Gasteiger partial charge is 0.450 e. The van der Waals surface area contributed by atoms with Gasteiger partial charge < -0.3 is 4.74 Å². The van der Waals surface area contributed by atoms with Gasteiger partial charge in [-0.15, -0.1) is 5.10 Å². The molecule has 128 valence electrons. The smallest absolute Gasteiger partial charge is 0.414 e. The van der Waals surface area contributed by atoms with Crippen LogP contribution in [0, 0.1) is 5.82 Å². The summed E-state index contributed by atoms with van der Waals surface area (Å²) in [5.74, 6) is 0.160. The van der Waals surface area contributed by atoms with E-state index in [1.165, 1.54) is 16.8 Å². The third-order valence-corrected chi connectivity index (χ3v) is 3.52. The molecular weight excluding hydrogens is 347 g/mol. The number of hydrogen-bond donors (Lipinski definition) is 1. The van der Waals surface area contributed by atoms with E-state index in [4.69, 9.17) is 16.3 Å². The Morgan fingerprint density at radius 2 is 1.88 bits per heavy atom. The molecule has 0 bridgehead atoms. The molecule has 1 amide bonds. The second kappa shape index (κ2) is 7.31. The zero-order valence-corrected chi connectivity index (χ0v) is 14.0. The van der Waals surface area contributed by atoms with Gasteiger partial charge in [0.05, 0.1) is 12.3 Å². The van der Waals surface area contributed by atoms with Crippen molar-refractivity contribution in [3.05, 3.63) is 59.4 Å². The number of hydrogen-bond acceptors (Lipinski definition) is 4. The number of ether oxygens (including phenoxy) is 1.